The van der Waals surface area contributed by atoms with Gasteiger partial charge in [0.15, 0.2) is 0 Å². The minimum atomic E-state index is -0.296. The minimum Gasteiger partial charge on any atom is -0.458 e. The molecular formula is C20H27FN2O2. The topological polar surface area (TPSA) is 54.3 Å². The van der Waals surface area contributed by atoms with E-state index in [1.165, 1.54) is 25.3 Å². The van der Waals surface area contributed by atoms with Crippen LogP contribution in [0.5, 0.6) is 0 Å². The zero-order valence-electron chi connectivity index (χ0n) is 15.2. The highest BCUT2D eigenvalue weighted by Gasteiger charge is 2.27. The molecule has 0 radical (unpaired) electrons. The molecule has 5 heteroatoms. The molecule has 0 saturated heterocycles. The van der Waals surface area contributed by atoms with Gasteiger partial charge in [0.2, 0.25) is 0 Å². The number of urea groups is 1. The molecule has 1 fully saturated rings. The van der Waals surface area contributed by atoms with E-state index in [0.717, 1.165) is 18.4 Å². The third kappa shape index (κ3) is 3.80. The van der Waals surface area contributed by atoms with Crippen molar-refractivity contribution in [3.8, 4) is 0 Å². The molecule has 1 unspecified atom stereocenters. The van der Waals surface area contributed by atoms with Crippen molar-refractivity contribution in [2.45, 2.75) is 65.0 Å². The van der Waals surface area contributed by atoms with Crippen LogP contribution in [-0.2, 0) is 0 Å². The molecule has 1 aromatic heterocycles. The average Bonchev–Trinajstić information content (AvgIpc) is 2.91. The lowest BCUT2D eigenvalue weighted by atomic mass is 9.95. The lowest BCUT2D eigenvalue weighted by molar-refractivity contribution is 0.222. The number of hydrogen-bond acceptors (Lipinski definition) is 2. The maximum atomic E-state index is 14.1. The van der Waals surface area contributed by atoms with Crippen LogP contribution in [0.4, 0.5) is 9.18 Å². The summed E-state index contributed by atoms with van der Waals surface area (Å²) in [5.74, 6) is 0.465. The smallest absolute Gasteiger partial charge is 0.315 e. The number of amides is 2. The van der Waals surface area contributed by atoms with Gasteiger partial charge in [0.1, 0.15) is 17.2 Å². The summed E-state index contributed by atoms with van der Waals surface area (Å²) in [6, 6.07) is 4.60. The number of furan rings is 1. The fraction of sp³-hybridized carbons (Fsp3) is 0.550. The monoisotopic (exact) mass is 346 g/mol. The molecule has 2 amide bonds. The number of carbonyl (C=O) groups is 1. The van der Waals surface area contributed by atoms with Gasteiger partial charge < -0.3 is 15.1 Å². The van der Waals surface area contributed by atoms with Crippen molar-refractivity contribution in [2.75, 3.05) is 0 Å². The maximum absolute atomic E-state index is 14.1. The lowest BCUT2D eigenvalue weighted by Crippen LogP contribution is -2.45. The van der Waals surface area contributed by atoms with Crippen LogP contribution in [0.15, 0.2) is 22.6 Å². The Kier molecular flexibility index (Phi) is 5.30. The van der Waals surface area contributed by atoms with Gasteiger partial charge in [-0.2, -0.15) is 0 Å². The number of carbonyl (C=O) groups excluding carboxylic acids is 1. The number of benzene rings is 1. The molecule has 1 saturated carbocycles. The molecule has 1 aliphatic rings. The van der Waals surface area contributed by atoms with Crippen LogP contribution in [0.2, 0.25) is 0 Å². The van der Waals surface area contributed by atoms with E-state index in [1.54, 1.807) is 12.1 Å². The van der Waals surface area contributed by atoms with Gasteiger partial charge in [-0.05, 0) is 37.8 Å². The summed E-state index contributed by atoms with van der Waals surface area (Å²) in [6.45, 7) is 5.89. The molecular weight excluding hydrogens is 319 g/mol. The summed E-state index contributed by atoms with van der Waals surface area (Å²) in [5.41, 5.74) is 1.28. The van der Waals surface area contributed by atoms with Crippen LogP contribution in [-0.4, -0.2) is 12.1 Å². The molecule has 1 heterocycles. The summed E-state index contributed by atoms with van der Waals surface area (Å²) < 4.78 is 20.0. The van der Waals surface area contributed by atoms with Crippen molar-refractivity contribution >= 4 is 17.0 Å². The summed E-state index contributed by atoms with van der Waals surface area (Å²) in [5, 5.41) is 6.61. The zero-order valence-corrected chi connectivity index (χ0v) is 15.2. The highest BCUT2D eigenvalue weighted by Crippen LogP contribution is 2.34. The summed E-state index contributed by atoms with van der Waals surface area (Å²) >= 11 is 0. The molecule has 2 aromatic rings. The number of hydrogen-bond donors (Lipinski definition) is 2. The number of rotatable bonds is 4. The van der Waals surface area contributed by atoms with Gasteiger partial charge >= 0.3 is 6.03 Å². The van der Waals surface area contributed by atoms with Gasteiger partial charge in [-0.3, -0.25) is 0 Å². The second-order valence-corrected chi connectivity index (χ2v) is 7.38. The molecule has 2 N–H and O–H groups in total. The van der Waals surface area contributed by atoms with Crippen molar-refractivity contribution in [1.29, 1.82) is 0 Å². The zero-order chi connectivity index (χ0) is 18.0. The number of nitrogens with one attached hydrogen (secondary N) is 2. The van der Waals surface area contributed by atoms with Crippen LogP contribution in [0.3, 0.4) is 0 Å². The van der Waals surface area contributed by atoms with E-state index in [1.807, 2.05) is 20.8 Å². The van der Waals surface area contributed by atoms with Crippen molar-refractivity contribution in [3.05, 3.63) is 35.3 Å². The summed E-state index contributed by atoms with van der Waals surface area (Å²) in [4.78, 5) is 12.5. The van der Waals surface area contributed by atoms with E-state index in [0.29, 0.717) is 16.7 Å². The Balaban J connectivity index is 1.80. The van der Waals surface area contributed by atoms with Crippen LogP contribution < -0.4 is 10.6 Å². The Labute approximate surface area is 148 Å². The largest absolute Gasteiger partial charge is 0.458 e. The molecule has 25 heavy (non-hydrogen) atoms. The molecule has 3 rings (SSSR count). The van der Waals surface area contributed by atoms with Crippen LogP contribution in [0.25, 0.3) is 11.0 Å². The fourth-order valence-electron chi connectivity index (χ4n) is 3.72. The molecule has 0 aliphatic heterocycles. The van der Waals surface area contributed by atoms with Gasteiger partial charge in [-0.1, -0.05) is 39.2 Å². The molecule has 1 atom stereocenters. The highest BCUT2D eigenvalue weighted by molar-refractivity contribution is 5.83. The average molecular weight is 346 g/mol. The normalized spacial score (nSPS) is 17.0. The predicted molar refractivity (Wildman–Crippen MR) is 97.0 cm³/mol. The summed E-state index contributed by atoms with van der Waals surface area (Å²) in [6.07, 6.45) is 5.66. The summed E-state index contributed by atoms with van der Waals surface area (Å²) in [7, 11) is 0. The Hall–Kier alpha value is -2.04. The first-order valence-corrected chi connectivity index (χ1v) is 9.22. The first-order chi connectivity index (χ1) is 12.0. The number of aryl methyl sites for hydroxylation is 1. The van der Waals surface area contributed by atoms with Gasteiger partial charge in [0.05, 0.1) is 11.4 Å². The Morgan fingerprint density at radius 1 is 1.24 bits per heavy atom. The van der Waals surface area contributed by atoms with Crippen molar-refractivity contribution in [2.24, 2.45) is 5.92 Å². The van der Waals surface area contributed by atoms with E-state index in [-0.39, 0.29) is 29.8 Å². The Morgan fingerprint density at radius 3 is 2.60 bits per heavy atom. The highest BCUT2D eigenvalue weighted by atomic mass is 19.1. The third-order valence-corrected chi connectivity index (χ3v) is 5.12. The van der Waals surface area contributed by atoms with Crippen molar-refractivity contribution in [1.82, 2.24) is 10.6 Å². The third-order valence-electron chi connectivity index (χ3n) is 5.12. The molecule has 0 bridgehead atoms. The number of fused-ring (bicyclic) bond motifs is 1. The molecule has 1 aliphatic carbocycles. The van der Waals surface area contributed by atoms with E-state index in [9.17, 15) is 9.18 Å². The van der Waals surface area contributed by atoms with Gasteiger partial charge in [0.25, 0.3) is 0 Å². The van der Waals surface area contributed by atoms with Crippen LogP contribution in [0, 0.1) is 18.7 Å². The number of halogens is 1. The molecule has 1 aromatic carbocycles. The van der Waals surface area contributed by atoms with E-state index >= 15 is 0 Å². The second-order valence-electron chi connectivity index (χ2n) is 7.38. The minimum absolute atomic E-state index is 0.124. The SMILES string of the molecule is Cc1c(C(NC(=O)NC2CCCCC2)C(C)C)oc2cccc(F)c12. The van der Waals surface area contributed by atoms with Gasteiger partial charge in [0, 0.05) is 11.6 Å². The van der Waals surface area contributed by atoms with Gasteiger partial charge in [-0.25, -0.2) is 9.18 Å². The molecule has 4 nitrogen and oxygen atoms in total. The Bertz CT molecular complexity index is 747. The molecule has 0 spiro atoms. The first-order valence-electron chi connectivity index (χ1n) is 9.22. The lowest BCUT2D eigenvalue weighted by Gasteiger charge is -2.26. The van der Waals surface area contributed by atoms with Crippen LogP contribution in [0.1, 0.15) is 63.3 Å². The maximum Gasteiger partial charge on any atom is 0.315 e. The quantitative estimate of drug-likeness (QED) is 0.798. The second kappa shape index (κ2) is 7.46. The van der Waals surface area contributed by atoms with E-state index in [2.05, 4.69) is 10.6 Å². The standard InChI is InChI=1S/C20H27FN2O2/c1-12(2)18(23-20(24)22-14-8-5-4-6-9-14)19-13(3)17-15(21)10-7-11-16(17)25-19/h7,10-12,14,18H,4-6,8-9H2,1-3H3,(H2,22,23,24). The Morgan fingerprint density at radius 2 is 1.96 bits per heavy atom. The van der Waals surface area contributed by atoms with Crippen LogP contribution >= 0.6 is 0 Å². The van der Waals surface area contributed by atoms with E-state index in [4.69, 9.17) is 4.42 Å². The predicted octanol–water partition coefficient (Wildman–Crippen LogP) is 5.21. The first kappa shape index (κ1) is 17.8. The fourth-order valence-corrected chi connectivity index (χ4v) is 3.72. The van der Waals surface area contributed by atoms with Gasteiger partial charge in [-0.15, -0.1) is 0 Å². The van der Waals surface area contributed by atoms with E-state index < -0.39 is 0 Å². The van der Waals surface area contributed by atoms with Crippen molar-refractivity contribution in [3.63, 3.8) is 0 Å². The molecule has 136 valence electrons. The van der Waals surface area contributed by atoms with Crippen molar-refractivity contribution < 1.29 is 13.6 Å².